The minimum atomic E-state index is -2.76. The van der Waals surface area contributed by atoms with Crippen molar-refractivity contribution in [1.82, 2.24) is 0 Å². The maximum atomic E-state index is 11.9. The first-order valence-corrected chi connectivity index (χ1v) is 6.73. The van der Waals surface area contributed by atoms with E-state index >= 15 is 0 Å². The summed E-state index contributed by atoms with van der Waals surface area (Å²) in [7, 11) is -4.26. The Morgan fingerprint density at radius 3 is 2.27 bits per heavy atom. The van der Waals surface area contributed by atoms with Crippen LogP contribution in [-0.4, -0.2) is 30.4 Å². The summed E-state index contributed by atoms with van der Waals surface area (Å²) in [6.07, 6.45) is 0. The van der Waals surface area contributed by atoms with E-state index in [2.05, 4.69) is 0 Å². The van der Waals surface area contributed by atoms with Gasteiger partial charge in [-0.15, -0.1) is 0 Å². The van der Waals surface area contributed by atoms with Gasteiger partial charge in [-0.05, 0) is 24.5 Å². The molecule has 0 fully saturated rings. The molecule has 4 nitrogen and oxygen atoms in total. The smallest absolute Gasteiger partial charge is 0.423 e. The zero-order chi connectivity index (χ0) is 11.5. The second-order valence-electron chi connectivity index (χ2n) is 3.23. The van der Waals surface area contributed by atoms with Crippen LogP contribution in [0.1, 0.15) is 6.92 Å². The molecule has 1 rings (SSSR count). The molecule has 0 aliphatic carbocycles. The molecule has 0 saturated carbocycles. The molecule has 2 N–H and O–H groups in total. The molecule has 1 unspecified atom stereocenters. The maximum Gasteiger partial charge on any atom is 0.488 e. The summed E-state index contributed by atoms with van der Waals surface area (Å²) in [5, 5.41) is 18.3. The Hall–Kier alpha value is -0.605. The summed E-state index contributed by atoms with van der Waals surface area (Å²) in [5.41, 5.74) is 0.371. The Kier molecular flexibility index (Phi) is 4.11. The molecule has 0 spiro atoms. The predicted octanol–water partition coefficient (Wildman–Crippen LogP) is -0.0639. The van der Waals surface area contributed by atoms with E-state index in [4.69, 9.17) is 14.6 Å². The molecule has 0 aliphatic heterocycles. The third kappa shape index (κ3) is 3.18. The normalized spacial score (nSPS) is 14.7. The Morgan fingerprint density at radius 2 is 1.87 bits per heavy atom. The molecule has 0 aliphatic rings. The van der Waals surface area contributed by atoms with E-state index in [1.165, 1.54) is 12.1 Å². The first-order valence-electron chi connectivity index (χ1n) is 4.66. The monoisotopic (exact) mass is 228 g/mol. The van der Waals surface area contributed by atoms with E-state index in [0.717, 1.165) is 0 Å². The second kappa shape index (κ2) is 4.95. The Morgan fingerprint density at radius 1 is 1.33 bits per heavy atom. The molecule has 1 atom stereocenters. The molecule has 0 heterocycles. The SMILES string of the molecule is CCOP(C)(=O)c1ccc(B(O)O)cc1. The molecule has 1 aromatic rings. The van der Waals surface area contributed by atoms with Gasteiger partial charge in [0, 0.05) is 12.0 Å². The van der Waals surface area contributed by atoms with Crippen LogP contribution in [0.15, 0.2) is 24.3 Å². The van der Waals surface area contributed by atoms with Crippen molar-refractivity contribution in [2.24, 2.45) is 0 Å². The van der Waals surface area contributed by atoms with Gasteiger partial charge in [0.15, 0.2) is 0 Å². The van der Waals surface area contributed by atoms with E-state index in [1.54, 1.807) is 25.7 Å². The highest BCUT2D eigenvalue weighted by atomic mass is 31.2. The molecular weight excluding hydrogens is 214 g/mol. The van der Waals surface area contributed by atoms with Gasteiger partial charge in [-0.3, -0.25) is 4.57 Å². The highest BCUT2D eigenvalue weighted by Gasteiger charge is 2.19. The van der Waals surface area contributed by atoms with Gasteiger partial charge in [-0.1, -0.05) is 12.1 Å². The van der Waals surface area contributed by atoms with Crippen LogP contribution < -0.4 is 10.8 Å². The largest absolute Gasteiger partial charge is 0.488 e. The van der Waals surface area contributed by atoms with Crippen LogP contribution >= 0.6 is 7.37 Å². The van der Waals surface area contributed by atoms with Crippen molar-refractivity contribution in [3.05, 3.63) is 24.3 Å². The number of rotatable bonds is 4. The third-order valence-corrected chi connectivity index (χ3v) is 4.02. The summed E-state index contributed by atoms with van der Waals surface area (Å²) >= 11 is 0. The summed E-state index contributed by atoms with van der Waals surface area (Å²) in [4.78, 5) is 0. The van der Waals surface area contributed by atoms with Gasteiger partial charge < -0.3 is 14.6 Å². The van der Waals surface area contributed by atoms with Gasteiger partial charge in [-0.2, -0.15) is 0 Å². The lowest BCUT2D eigenvalue weighted by Crippen LogP contribution is -2.30. The van der Waals surface area contributed by atoms with Crippen LogP contribution in [0.3, 0.4) is 0 Å². The molecule has 1 aromatic carbocycles. The zero-order valence-electron chi connectivity index (χ0n) is 8.75. The van der Waals surface area contributed by atoms with Gasteiger partial charge in [0.2, 0.25) is 7.37 Å². The first-order chi connectivity index (χ1) is 6.97. The van der Waals surface area contributed by atoms with Crippen LogP contribution in [0, 0.1) is 0 Å². The average molecular weight is 228 g/mol. The standard InChI is InChI=1S/C9H14BO4P/c1-3-14-15(2,13)9-6-4-8(5-7-9)10(11)12/h4-7,11-12H,3H2,1-2H3. The summed E-state index contributed by atoms with van der Waals surface area (Å²) in [6, 6.07) is 6.22. The number of hydrogen-bond donors (Lipinski definition) is 2. The quantitative estimate of drug-likeness (QED) is 0.559. The molecule has 0 amide bonds. The van der Waals surface area contributed by atoms with Gasteiger partial charge in [0.25, 0.3) is 0 Å². The fourth-order valence-corrected chi connectivity index (χ4v) is 2.57. The average Bonchev–Trinajstić information content (AvgIpc) is 2.18. The first kappa shape index (κ1) is 12.5. The van der Waals surface area contributed by atoms with E-state index in [0.29, 0.717) is 17.4 Å². The molecule has 82 valence electrons. The fraction of sp³-hybridized carbons (Fsp3) is 0.333. The third-order valence-electron chi connectivity index (χ3n) is 2.04. The maximum absolute atomic E-state index is 11.9. The second-order valence-corrected chi connectivity index (χ2v) is 5.70. The van der Waals surface area contributed by atoms with Crippen LogP contribution in [0.5, 0.6) is 0 Å². The van der Waals surface area contributed by atoms with Gasteiger partial charge in [0.05, 0.1) is 6.61 Å². The molecule has 15 heavy (non-hydrogen) atoms. The Bertz CT molecular complexity index is 363. The van der Waals surface area contributed by atoms with E-state index in [1.807, 2.05) is 0 Å². The van der Waals surface area contributed by atoms with Crippen molar-refractivity contribution in [1.29, 1.82) is 0 Å². The van der Waals surface area contributed by atoms with Crippen LogP contribution in [0.25, 0.3) is 0 Å². The van der Waals surface area contributed by atoms with Crippen molar-refractivity contribution < 1.29 is 19.1 Å². The van der Waals surface area contributed by atoms with Crippen molar-refractivity contribution in [2.45, 2.75) is 6.92 Å². The number of benzene rings is 1. The minimum absolute atomic E-state index is 0.371. The van der Waals surface area contributed by atoms with Crippen LogP contribution in [0.4, 0.5) is 0 Å². The fourth-order valence-electron chi connectivity index (χ4n) is 1.24. The predicted molar refractivity (Wildman–Crippen MR) is 61.1 cm³/mol. The van der Waals surface area contributed by atoms with Gasteiger partial charge in [-0.25, -0.2) is 0 Å². The number of hydrogen-bond acceptors (Lipinski definition) is 4. The van der Waals surface area contributed by atoms with Crippen molar-refractivity contribution in [2.75, 3.05) is 13.3 Å². The summed E-state index contributed by atoms with van der Waals surface area (Å²) in [5.74, 6) is 0. The minimum Gasteiger partial charge on any atom is -0.423 e. The van der Waals surface area contributed by atoms with Crippen LogP contribution in [-0.2, 0) is 9.09 Å². The Labute approximate surface area is 89.5 Å². The molecule has 0 radical (unpaired) electrons. The van der Waals surface area contributed by atoms with Crippen molar-refractivity contribution in [3.63, 3.8) is 0 Å². The van der Waals surface area contributed by atoms with Gasteiger partial charge in [0.1, 0.15) is 0 Å². The molecule has 6 heteroatoms. The lowest BCUT2D eigenvalue weighted by molar-refractivity contribution is 0.345. The van der Waals surface area contributed by atoms with E-state index < -0.39 is 14.5 Å². The van der Waals surface area contributed by atoms with Crippen molar-refractivity contribution in [3.8, 4) is 0 Å². The zero-order valence-corrected chi connectivity index (χ0v) is 9.65. The van der Waals surface area contributed by atoms with E-state index in [9.17, 15) is 4.57 Å². The van der Waals surface area contributed by atoms with E-state index in [-0.39, 0.29) is 0 Å². The molecule has 0 aromatic heterocycles. The molecule has 0 bridgehead atoms. The van der Waals surface area contributed by atoms with Crippen LogP contribution in [0.2, 0.25) is 0 Å². The lowest BCUT2D eigenvalue weighted by atomic mass is 9.81. The highest BCUT2D eigenvalue weighted by molar-refractivity contribution is 7.66. The highest BCUT2D eigenvalue weighted by Crippen LogP contribution is 2.40. The van der Waals surface area contributed by atoms with Crippen molar-refractivity contribution >= 4 is 25.3 Å². The summed E-state index contributed by atoms with van der Waals surface area (Å²) in [6.45, 7) is 3.71. The summed E-state index contributed by atoms with van der Waals surface area (Å²) < 4.78 is 17.1. The molecule has 0 saturated heterocycles. The topological polar surface area (TPSA) is 66.8 Å². The Balaban J connectivity index is 2.93. The lowest BCUT2D eigenvalue weighted by Gasteiger charge is -2.13. The van der Waals surface area contributed by atoms with Gasteiger partial charge >= 0.3 is 7.12 Å². The molecular formula is C9H14BO4P.